The van der Waals surface area contributed by atoms with Crippen molar-refractivity contribution in [1.29, 1.82) is 0 Å². The quantitative estimate of drug-likeness (QED) is 0.784. The zero-order valence-electron chi connectivity index (χ0n) is 11.0. The molecule has 2 fully saturated rings. The van der Waals surface area contributed by atoms with Gasteiger partial charge in [0.1, 0.15) is 0 Å². The lowest BCUT2D eigenvalue weighted by Crippen LogP contribution is -2.48. The van der Waals surface area contributed by atoms with Crippen molar-refractivity contribution >= 4 is 5.91 Å². The second-order valence-electron chi connectivity index (χ2n) is 5.15. The van der Waals surface area contributed by atoms with Crippen molar-refractivity contribution in [2.24, 2.45) is 0 Å². The van der Waals surface area contributed by atoms with E-state index in [2.05, 4.69) is 17.1 Å². The average Bonchev–Trinajstić information content (AvgIpc) is 2.89. The van der Waals surface area contributed by atoms with E-state index < -0.39 is 0 Å². The van der Waals surface area contributed by atoms with Gasteiger partial charge in [-0.3, -0.25) is 4.79 Å². The molecule has 2 aliphatic rings. The van der Waals surface area contributed by atoms with Gasteiger partial charge in [-0.05, 0) is 32.4 Å². The first-order valence-electron chi connectivity index (χ1n) is 7.03. The molecule has 1 unspecified atom stereocenters. The predicted molar refractivity (Wildman–Crippen MR) is 69.0 cm³/mol. The van der Waals surface area contributed by atoms with Crippen LogP contribution in [0.2, 0.25) is 0 Å². The SMILES string of the molecule is CCN1CCN(C(=O)CCC2CCCN2)CC1. The Morgan fingerprint density at radius 3 is 2.65 bits per heavy atom. The van der Waals surface area contributed by atoms with E-state index in [4.69, 9.17) is 0 Å². The van der Waals surface area contributed by atoms with Crippen LogP contribution in [0.25, 0.3) is 0 Å². The summed E-state index contributed by atoms with van der Waals surface area (Å²) in [6.07, 6.45) is 4.27. The fourth-order valence-electron chi connectivity index (χ4n) is 2.77. The summed E-state index contributed by atoms with van der Waals surface area (Å²) < 4.78 is 0. The molecule has 2 rings (SSSR count). The number of carbonyl (C=O) groups is 1. The normalized spacial score (nSPS) is 26.4. The standard InChI is InChI=1S/C13H25N3O/c1-2-15-8-10-16(11-9-15)13(17)6-5-12-4-3-7-14-12/h12,14H,2-11H2,1H3. The summed E-state index contributed by atoms with van der Waals surface area (Å²) in [5.74, 6) is 0.356. The molecule has 17 heavy (non-hydrogen) atoms. The second-order valence-corrected chi connectivity index (χ2v) is 5.15. The number of hydrogen-bond donors (Lipinski definition) is 1. The summed E-state index contributed by atoms with van der Waals surface area (Å²) in [5, 5.41) is 3.45. The molecule has 0 aliphatic carbocycles. The third-order valence-corrected chi connectivity index (χ3v) is 4.04. The van der Waals surface area contributed by atoms with Crippen molar-refractivity contribution in [2.75, 3.05) is 39.3 Å². The van der Waals surface area contributed by atoms with Gasteiger partial charge in [0.15, 0.2) is 0 Å². The summed E-state index contributed by atoms with van der Waals surface area (Å²) in [5.41, 5.74) is 0. The smallest absolute Gasteiger partial charge is 0.222 e. The predicted octanol–water partition coefficient (Wildman–Crippen LogP) is 0.683. The highest BCUT2D eigenvalue weighted by Gasteiger charge is 2.21. The van der Waals surface area contributed by atoms with E-state index in [1.807, 2.05) is 4.90 Å². The zero-order valence-corrected chi connectivity index (χ0v) is 11.0. The molecule has 1 atom stereocenters. The van der Waals surface area contributed by atoms with E-state index in [1.54, 1.807) is 0 Å². The Hall–Kier alpha value is -0.610. The molecule has 0 aromatic heterocycles. The van der Waals surface area contributed by atoms with Crippen molar-refractivity contribution in [3.63, 3.8) is 0 Å². The maximum Gasteiger partial charge on any atom is 0.222 e. The molecule has 4 nitrogen and oxygen atoms in total. The Balaban J connectivity index is 1.66. The van der Waals surface area contributed by atoms with Crippen LogP contribution in [-0.4, -0.2) is 61.0 Å². The number of carbonyl (C=O) groups excluding carboxylic acids is 1. The highest BCUT2D eigenvalue weighted by molar-refractivity contribution is 5.76. The maximum absolute atomic E-state index is 12.0. The fraction of sp³-hybridized carbons (Fsp3) is 0.923. The summed E-state index contributed by atoms with van der Waals surface area (Å²) in [7, 11) is 0. The van der Waals surface area contributed by atoms with Gasteiger partial charge in [-0.15, -0.1) is 0 Å². The van der Waals surface area contributed by atoms with Gasteiger partial charge in [0, 0.05) is 38.6 Å². The molecule has 0 spiro atoms. The molecule has 2 heterocycles. The summed E-state index contributed by atoms with van der Waals surface area (Å²) in [6, 6.07) is 0.593. The Bertz CT molecular complexity index is 243. The largest absolute Gasteiger partial charge is 0.340 e. The summed E-state index contributed by atoms with van der Waals surface area (Å²) in [6.45, 7) is 8.36. The van der Waals surface area contributed by atoms with E-state index in [-0.39, 0.29) is 0 Å². The van der Waals surface area contributed by atoms with Gasteiger partial charge >= 0.3 is 0 Å². The molecule has 1 amide bonds. The van der Waals surface area contributed by atoms with Crippen LogP contribution in [0.15, 0.2) is 0 Å². The van der Waals surface area contributed by atoms with Crippen molar-refractivity contribution in [3.8, 4) is 0 Å². The van der Waals surface area contributed by atoms with Crippen LogP contribution >= 0.6 is 0 Å². The average molecular weight is 239 g/mol. The maximum atomic E-state index is 12.0. The van der Waals surface area contributed by atoms with Crippen LogP contribution in [0.5, 0.6) is 0 Å². The number of piperazine rings is 1. The molecule has 98 valence electrons. The van der Waals surface area contributed by atoms with Gasteiger partial charge in [-0.25, -0.2) is 0 Å². The number of nitrogens with zero attached hydrogens (tertiary/aromatic N) is 2. The first kappa shape index (κ1) is 12.8. The highest BCUT2D eigenvalue weighted by atomic mass is 16.2. The van der Waals surface area contributed by atoms with Gasteiger partial charge in [0.25, 0.3) is 0 Å². The van der Waals surface area contributed by atoms with E-state index in [9.17, 15) is 4.79 Å². The Kier molecular flexibility index (Phi) is 4.80. The van der Waals surface area contributed by atoms with E-state index >= 15 is 0 Å². The van der Waals surface area contributed by atoms with Crippen molar-refractivity contribution in [1.82, 2.24) is 15.1 Å². The fourth-order valence-corrected chi connectivity index (χ4v) is 2.77. The molecule has 0 radical (unpaired) electrons. The molecular weight excluding hydrogens is 214 g/mol. The minimum Gasteiger partial charge on any atom is -0.340 e. The number of rotatable bonds is 4. The molecule has 2 aliphatic heterocycles. The Morgan fingerprint density at radius 2 is 2.06 bits per heavy atom. The summed E-state index contributed by atoms with van der Waals surface area (Å²) in [4.78, 5) is 16.5. The van der Waals surface area contributed by atoms with Crippen molar-refractivity contribution in [2.45, 2.75) is 38.6 Å². The van der Waals surface area contributed by atoms with Crippen molar-refractivity contribution < 1.29 is 4.79 Å². The molecule has 4 heteroatoms. The third kappa shape index (κ3) is 3.68. The molecule has 2 saturated heterocycles. The van der Waals surface area contributed by atoms with E-state index in [0.717, 1.165) is 52.1 Å². The van der Waals surface area contributed by atoms with Crippen LogP contribution in [0.4, 0.5) is 0 Å². The van der Waals surface area contributed by atoms with Crippen LogP contribution in [-0.2, 0) is 4.79 Å². The van der Waals surface area contributed by atoms with Gasteiger partial charge < -0.3 is 15.1 Å². The zero-order chi connectivity index (χ0) is 12.1. The van der Waals surface area contributed by atoms with Gasteiger partial charge in [0.05, 0.1) is 0 Å². The second kappa shape index (κ2) is 6.36. The van der Waals surface area contributed by atoms with E-state index in [0.29, 0.717) is 11.9 Å². The Labute approximate surface area is 104 Å². The van der Waals surface area contributed by atoms with Crippen LogP contribution < -0.4 is 5.32 Å². The topological polar surface area (TPSA) is 35.6 Å². The van der Waals surface area contributed by atoms with Crippen molar-refractivity contribution in [3.05, 3.63) is 0 Å². The molecule has 0 bridgehead atoms. The number of hydrogen-bond acceptors (Lipinski definition) is 3. The van der Waals surface area contributed by atoms with Crippen LogP contribution in [0.1, 0.15) is 32.6 Å². The molecule has 0 aromatic carbocycles. The third-order valence-electron chi connectivity index (χ3n) is 4.04. The highest BCUT2D eigenvalue weighted by Crippen LogP contribution is 2.12. The van der Waals surface area contributed by atoms with Crippen LogP contribution in [0.3, 0.4) is 0 Å². The first-order valence-corrected chi connectivity index (χ1v) is 7.03. The van der Waals surface area contributed by atoms with Gasteiger partial charge in [-0.1, -0.05) is 6.92 Å². The molecule has 0 aromatic rings. The van der Waals surface area contributed by atoms with Gasteiger partial charge in [0.2, 0.25) is 5.91 Å². The van der Waals surface area contributed by atoms with E-state index in [1.165, 1.54) is 12.8 Å². The minimum atomic E-state index is 0.356. The molecular formula is C13H25N3O. The molecule has 0 saturated carbocycles. The lowest BCUT2D eigenvalue weighted by atomic mass is 10.1. The number of amides is 1. The Morgan fingerprint density at radius 1 is 1.29 bits per heavy atom. The summed E-state index contributed by atoms with van der Waals surface area (Å²) >= 11 is 0. The number of likely N-dealkylation sites (N-methyl/N-ethyl adjacent to an activating group) is 1. The van der Waals surface area contributed by atoms with Gasteiger partial charge in [-0.2, -0.15) is 0 Å². The minimum absolute atomic E-state index is 0.356. The molecule has 1 N–H and O–H groups in total. The lowest BCUT2D eigenvalue weighted by molar-refractivity contribution is -0.133. The lowest BCUT2D eigenvalue weighted by Gasteiger charge is -2.34. The monoisotopic (exact) mass is 239 g/mol. The van der Waals surface area contributed by atoms with Crippen LogP contribution in [0, 0.1) is 0 Å². The number of nitrogens with one attached hydrogen (secondary N) is 1. The first-order chi connectivity index (χ1) is 8.29.